The van der Waals surface area contributed by atoms with Crippen molar-refractivity contribution in [2.75, 3.05) is 18.4 Å². The van der Waals surface area contributed by atoms with Gasteiger partial charge in [-0.25, -0.2) is 0 Å². The van der Waals surface area contributed by atoms with Crippen molar-refractivity contribution in [3.63, 3.8) is 0 Å². The van der Waals surface area contributed by atoms with Gasteiger partial charge in [-0.3, -0.25) is 4.90 Å². The first kappa shape index (κ1) is 15.8. The molecule has 0 bridgehead atoms. The molecule has 1 saturated carbocycles. The Labute approximate surface area is 127 Å². The number of hydrogen-bond acceptors (Lipinski definition) is 2. The van der Waals surface area contributed by atoms with Crippen molar-refractivity contribution >= 4 is 15.9 Å². The van der Waals surface area contributed by atoms with Crippen LogP contribution >= 0.6 is 15.9 Å². The SMILES string of the molecule is CCC(CC)N(CCBr)CC1CCC2(CCCC2)O1. The van der Waals surface area contributed by atoms with Crippen molar-refractivity contribution in [1.29, 1.82) is 0 Å². The Bertz CT molecular complexity index is 261. The fourth-order valence-electron chi connectivity index (χ4n) is 4.01. The summed E-state index contributed by atoms with van der Waals surface area (Å²) in [6.07, 6.45) is 11.0. The molecule has 1 saturated heterocycles. The maximum Gasteiger partial charge on any atom is 0.0710 e. The average Bonchev–Trinajstić information content (AvgIpc) is 3.02. The molecule has 1 atom stereocenters. The summed E-state index contributed by atoms with van der Waals surface area (Å²) in [4.78, 5) is 2.65. The first-order valence-corrected chi connectivity index (χ1v) is 9.33. The topological polar surface area (TPSA) is 12.5 Å². The molecule has 0 aromatic carbocycles. The van der Waals surface area contributed by atoms with Crippen LogP contribution in [0.25, 0.3) is 0 Å². The molecule has 0 amide bonds. The summed E-state index contributed by atoms with van der Waals surface area (Å²) >= 11 is 3.60. The predicted molar refractivity (Wildman–Crippen MR) is 85.0 cm³/mol. The molecule has 1 aliphatic carbocycles. The summed E-state index contributed by atoms with van der Waals surface area (Å²) in [7, 11) is 0. The van der Waals surface area contributed by atoms with E-state index in [9.17, 15) is 0 Å². The highest BCUT2D eigenvalue weighted by Crippen LogP contribution is 2.43. The van der Waals surface area contributed by atoms with Gasteiger partial charge in [-0.2, -0.15) is 0 Å². The molecule has 2 nitrogen and oxygen atoms in total. The monoisotopic (exact) mass is 331 g/mol. The largest absolute Gasteiger partial charge is 0.370 e. The molecule has 1 aliphatic heterocycles. The number of ether oxygens (including phenoxy) is 1. The molecule has 3 heteroatoms. The first-order chi connectivity index (χ1) is 9.23. The van der Waals surface area contributed by atoms with Crippen molar-refractivity contribution < 1.29 is 4.74 Å². The van der Waals surface area contributed by atoms with Gasteiger partial charge in [0.2, 0.25) is 0 Å². The molecule has 0 aromatic heterocycles. The van der Waals surface area contributed by atoms with Crippen LogP contribution in [0.5, 0.6) is 0 Å². The highest BCUT2D eigenvalue weighted by molar-refractivity contribution is 9.09. The normalized spacial score (nSPS) is 26.1. The first-order valence-electron chi connectivity index (χ1n) is 8.21. The van der Waals surface area contributed by atoms with Crippen molar-refractivity contribution in [1.82, 2.24) is 4.90 Å². The zero-order chi connectivity index (χ0) is 13.7. The Morgan fingerprint density at radius 2 is 1.89 bits per heavy atom. The van der Waals surface area contributed by atoms with E-state index in [1.54, 1.807) is 0 Å². The summed E-state index contributed by atoms with van der Waals surface area (Å²) in [6.45, 7) is 6.91. The minimum absolute atomic E-state index is 0.290. The van der Waals surface area contributed by atoms with Gasteiger partial charge in [0.05, 0.1) is 11.7 Å². The van der Waals surface area contributed by atoms with Gasteiger partial charge in [0.1, 0.15) is 0 Å². The molecule has 2 rings (SSSR count). The van der Waals surface area contributed by atoms with Crippen LogP contribution in [-0.4, -0.2) is 41.1 Å². The fourth-order valence-corrected chi connectivity index (χ4v) is 4.46. The predicted octanol–water partition coefficient (Wildman–Crippen LogP) is 4.36. The van der Waals surface area contributed by atoms with Crippen LogP contribution in [0.15, 0.2) is 0 Å². The van der Waals surface area contributed by atoms with Gasteiger partial charge >= 0.3 is 0 Å². The van der Waals surface area contributed by atoms with Gasteiger partial charge in [0.15, 0.2) is 0 Å². The molecule has 19 heavy (non-hydrogen) atoms. The third-order valence-electron chi connectivity index (χ3n) is 5.12. The average molecular weight is 332 g/mol. The van der Waals surface area contributed by atoms with Gasteiger partial charge in [-0.05, 0) is 38.5 Å². The second kappa shape index (κ2) is 7.42. The van der Waals surface area contributed by atoms with E-state index in [0.717, 1.165) is 24.5 Å². The molecule has 0 N–H and O–H groups in total. The third kappa shape index (κ3) is 3.95. The van der Waals surface area contributed by atoms with Crippen molar-refractivity contribution in [2.24, 2.45) is 0 Å². The van der Waals surface area contributed by atoms with E-state index in [4.69, 9.17) is 4.74 Å². The lowest BCUT2D eigenvalue weighted by Gasteiger charge is -2.33. The summed E-state index contributed by atoms with van der Waals surface area (Å²) in [6, 6.07) is 0.723. The van der Waals surface area contributed by atoms with E-state index in [1.807, 2.05) is 0 Å². The highest BCUT2D eigenvalue weighted by atomic mass is 79.9. The van der Waals surface area contributed by atoms with Crippen LogP contribution in [0.3, 0.4) is 0 Å². The molecule has 2 fully saturated rings. The van der Waals surface area contributed by atoms with Crippen LogP contribution in [0.4, 0.5) is 0 Å². The lowest BCUT2D eigenvalue weighted by molar-refractivity contribution is -0.0510. The van der Waals surface area contributed by atoms with Gasteiger partial charge in [0.25, 0.3) is 0 Å². The van der Waals surface area contributed by atoms with E-state index in [2.05, 4.69) is 34.7 Å². The Hall–Kier alpha value is 0.400. The molecule has 0 aromatic rings. The van der Waals surface area contributed by atoms with Gasteiger partial charge in [-0.15, -0.1) is 0 Å². The molecule has 1 heterocycles. The van der Waals surface area contributed by atoms with E-state index >= 15 is 0 Å². The summed E-state index contributed by atoms with van der Waals surface area (Å²) in [5.74, 6) is 0. The number of alkyl halides is 1. The number of nitrogens with zero attached hydrogens (tertiary/aromatic N) is 1. The summed E-state index contributed by atoms with van der Waals surface area (Å²) in [5.41, 5.74) is 0.290. The fraction of sp³-hybridized carbons (Fsp3) is 1.00. The minimum Gasteiger partial charge on any atom is -0.370 e. The van der Waals surface area contributed by atoms with Crippen LogP contribution in [-0.2, 0) is 4.74 Å². The van der Waals surface area contributed by atoms with E-state index in [-0.39, 0.29) is 0 Å². The maximum atomic E-state index is 6.47. The zero-order valence-corrected chi connectivity index (χ0v) is 14.3. The third-order valence-corrected chi connectivity index (χ3v) is 5.48. The lowest BCUT2D eigenvalue weighted by Crippen LogP contribution is -2.41. The molecular weight excluding hydrogens is 302 g/mol. The zero-order valence-electron chi connectivity index (χ0n) is 12.7. The Kier molecular flexibility index (Phi) is 6.16. The molecule has 2 aliphatic rings. The standard InChI is InChI=1S/C16H30BrNO/c1-3-14(4-2)18(12-11-17)13-15-7-10-16(19-15)8-5-6-9-16/h14-15H,3-13H2,1-2H3. The van der Waals surface area contributed by atoms with E-state index in [0.29, 0.717) is 11.7 Å². The molecule has 1 spiro atoms. The minimum atomic E-state index is 0.290. The summed E-state index contributed by atoms with van der Waals surface area (Å²) in [5, 5.41) is 1.07. The number of hydrogen-bond donors (Lipinski definition) is 0. The molecular formula is C16H30BrNO. The Balaban J connectivity index is 1.87. The lowest BCUT2D eigenvalue weighted by atomic mass is 9.98. The number of rotatable bonds is 7. The Morgan fingerprint density at radius 1 is 1.21 bits per heavy atom. The maximum absolute atomic E-state index is 6.47. The van der Waals surface area contributed by atoms with Crippen LogP contribution in [0.2, 0.25) is 0 Å². The van der Waals surface area contributed by atoms with E-state index < -0.39 is 0 Å². The van der Waals surface area contributed by atoms with Crippen molar-refractivity contribution in [3.05, 3.63) is 0 Å². The quantitative estimate of drug-likeness (QED) is 0.642. The van der Waals surface area contributed by atoms with E-state index in [1.165, 1.54) is 51.4 Å². The number of halogens is 1. The van der Waals surface area contributed by atoms with Crippen molar-refractivity contribution in [2.45, 2.75) is 83.0 Å². The van der Waals surface area contributed by atoms with Crippen LogP contribution in [0, 0.1) is 0 Å². The molecule has 1 unspecified atom stereocenters. The summed E-state index contributed by atoms with van der Waals surface area (Å²) < 4.78 is 6.47. The smallest absolute Gasteiger partial charge is 0.0710 e. The second-order valence-electron chi connectivity index (χ2n) is 6.32. The van der Waals surface area contributed by atoms with Gasteiger partial charge < -0.3 is 4.74 Å². The van der Waals surface area contributed by atoms with Crippen LogP contribution < -0.4 is 0 Å². The highest BCUT2D eigenvalue weighted by Gasteiger charge is 2.42. The van der Waals surface area contributed by atoms with Gasteiger partial charge in [-0.1, -0.05) is 42.6 Å². The Morgan fingerprint density at radius 3 is 2.47 bits per heavy atom. The molecule has 0 radical (unpaired) electrons. The van der Waals surface area contributed by atoms with Gasteiger partial charge in [0, 0.05) is 24.5 Å². The second-order valence-corrected chi connectivity index (χ2v) is 7.12. The van der Waals surface area contributed by atoms with Crippen LogP contribution in [0.1, 0.15) is 65.2 Å². The molecule has 112 valence electrons. The van der Waals surface area contributed by atoms with Crippen molar-refractivity contribution in [3.8, 4) is 0 Å².